The number of rotatable bonds is 6. The van der Waals surface area contributed by atoms with Crippen LogP contribution in [0.15, 0.2) is 33.6 Å². The van der Waals surface area contributed by atoms with E-state index in [4.69, 9.17) is 4.74 Å². The highest BCUT2D eigenvalue weighted by Gasteiger charge is 2.30. The van der Waals surface area contributed by atoms with Crippen molar-refractivity contribution in [2.24, 2.45) is 0 Å². The summed E-state index contributed by atoms with van der Waals surface area (Å²) < 4.78 is 36.3. The maximum atomic E-state index is 12.5. The number of hydrogen-bond acceptors (Lipinski definition) is 7. The second kappa shape index (κ2) is 8.76. The van der Waals surface area contributed by atoms with Crippen molar-refractivity contribution < 1.29 is 22.5 Å². The van der Waals surface area contributed by atoms with Crippen molar-refractivity contribution >= 4 is 21.7 Å². The van der Waals surface area contributed by atoms with Crippen LogP contribution in [0.2, 0.25) is 0 Å². The smallest absolute Gasteiger partial charge is 0.373 e. The minimum atomic E-state index is -3.49. The summed E-state index contributed by atoms with van der Waals surface area (Å²) >= 11 is 0. The quantitative estimate of drug-likeness (QED) is 0.614. The molecule has 0 saturated carbocycles. The van der Waals surface area contributed by atoms with E-state index >= 15 is 0 Å². The summed E-state index contributed by atoms with van der Waals surface area (Å²) in [6.07, 6.45) is -0.328. The predicted molar refractivity (Wildman–Crippen MR) is 105 cm³/mol. The molecule has 3 rings (SSSR count). The van der Waals surface area contributed by atoms with Gasteiger partial charge < -0.3 is 15.4 Å². The number of hydrogen-bond donors (Lipinski definition) is 3. The van der Waals surface area contributed by atoms with Gasteiger partial charge in [0, 0.05) is 30.9 Å². The van der Waals surface area contributed by atoms with Crippen LogP contribution >= 0.6 is 0 Å². The van der Waals surface area contributed by atoms with Gasteiger partial charge in [-0.1, -0.05) is 5.16 Å². The fourth-order valence-electron chi connectivity index (χ4n) is 3.02. The highest BCUT2D eigenvalue weighted by Crippen LogP contribution is 2.17. The summed E-state index contributed by atoms with van der Waals surface area (Å²) in [7, 11) is -3.49. The number of morpholine rings is 1. The molecule has 0 aliphatic carbocycles. The lowest BCUT2D eigenvalue weighted by Crippen LogP contribution is -2.49. The lowest BCUT2D eigenvalue weighted by molar-refractivity contribution is -0.0440. The number of benzene rings is 1. The Morgan fingerprint density at radius 2 is 1.90 bits per heavy atom. The second-order valence-electron chi connectivity index (χ2n) is 6.79. The summed E-state index contributed by atoms with van der Waals surface area (Å²) in [6, 6.07) is 6.01. The Hall–Kier alpha value is -2.70. The average molecular weight is 425 g/mol. The Morgan fingerprint density at radius 3 is 2.48 bits per heavy atom. The van der Waals surface area contributed by atoms with E-state index in [9.17, 15) is 18.0 Å². The third-order valence-corrected chi connectivity index (χ3v) is 6.09. The fourth-order valence-corrected chi connectivity index (χ4v) is 4.51. The van der Waals surface area contributed by atoms with Crippen LogP contribution in [0.1, 0.15) is 13.8 Å². The Labute approximate surface area is 167 Å². The highest BCUT2D eigenvalue weighted by atomic mass is 32.2. The first-order valence-electron chi connectivity index (χ1n) is 9.07. The third-order valence-electron chi connectivity index (χ3n) is 4.28. The van der Waals surface area contributed by atoms with Crippen LogP contribution in [0, 0.1) is 0 Å². The lowest BCUT2D eigenvalue weighted by Gasteiger charge is -2.34. The van der Waals surface area contributed by atoms with E-state index in [-0.39, 0.29) is 30.3 Å². The van der Waals surface area contributed by atoms with Gasteiger partial charge in [0.15, 0.2) is 5.82 Å². The predicted octanol–water partition coefficient (Wildman–Crippen LogP) is 0.590. The van der Waals surface area contributed by atoms with E-state index in [0.717, 1.165) is 0 Å². The largest absolute Gasteiger partial charge is 0.439 e. The van der Waals surface area contributed by atoms with Gasteiger partial charge in [0.1, 0.15) is 0 Å². The van der Waals surface area contributed by atoms with Gasteiger partial charge in [0.05, 0.1) is 18.0 Å². The topological polar surface area (TPSA) is 147 Å². The molecular weight excluding hydrogens is 402 g/mol. The molecule has 1 aliphatic heterocycles. The zero-order valence-electron chi connectivity index (χ0n) is 16.0. The molecule has 1 aliphatic rings. The Bertz CT molecular complexity index is 990. The molecule has 29 heavy (non-hydrogen) atoms. The molecule has 158 valence electrons. The standard InChI is InChI=1S/C17H23N5O6S/c1-11-9-22(10-12(2)27-11)29(25,26)8-7-18-16(23)19-14-5-3-13(4-6-14)15-20-17(24)28-21-15/h3-6,11-12H,7-10H2,1-2H3,(H2,18,19,23)(H,20,21,24)/t11-,12-/m1/s1. The molecule has 0 spiro atoms. The van der Waals surface area contributed by atoms with Crippen LogP contribution in [0.25, 0.3) is 11.4 Å². The minimum Gasteiger partial charge on any atom is -0.373 e. The summed E-state index contributed by atoms with van der Waals surface area (Å²) in [5.41, 5.74) is 1.11. The highest BCUT2D eigenvalue weighted by molar-refractivity contribution is 7.89. The molecule has 1 fully saturated rings. The summed E-state index contributed by atoms with van der Waals surface area (Å²) in [5.74, 6) is -0.571. The first-order chi connectivity index (χ1) is 13.7. The molecule has 1 aromatic heterocycles. The number of urea groups is 1. The molecule has 0 unspecified atom stereocenters. The van der Waals surface area contributed by atoms with E-state index in [0.29, 0.717) is 24.3 Å². The van der Waals surface area contributed by atoms with Gasteiger partial charge in [0.25, 0.3) is 0 Å². The van der Waals surface area contributed by atoms with Crippen molar-refractivity contribution in [3.63, 3.8) is 0 Å². The first-order valence-corrected chi connectivity index (χ1v) is 10.7. The molecule has 3 N–H and O–H groups in total. The van der Waals surface area contributed by atoms with Crippen LogP contribution in [0.3, 0.4) is 0 Å². The number of nitrogens with one attached hydrogen (secondary N) is 3. The molecular formula is C17H23N5O6S. The van der Waals surface area contributed by atoms with Crippen LogP contribution in [-0.4, -0.2) is 66.5 Å². The van der Waals surface area contributed by atoms with Gasteiger partial charge in [-0.15, -0.1) is 0 Å². The normalized spacial score (nSPS) is 20.3. The number of sulfonamides is 1. The van der Waals surface area contributed by atoms with Gasteiger partial charge >= 0.3 is 11.8 Å². The van der Waals surface area contributed by atoms with Gasteiger partial charge in [-0.05, 0) is 38.1 Å². The molecule has 2 amide bonds. The number of H-pyrrole nitrogens is 1. The van der Waals surface area contributed by atoms with Gasteiger partial charge in [-0.3, -0.25) is 9.51 Å². The molecule has 12 heteroatoms. The Kier molecular flexibility index (Phi) is 6.35. The van der Waals surface area contributed by atoms with E-state index in [2.05, 4.69) is 25.3 Å². The molecule has 1 aromatic carbocycles. The molecule has 1 saturated heterocycles. The van der Waals surface area contributed by atoms with Crippen LogP contribution in [-0.2, 0) is 14.8 Å². The zero-order valence-corrected chi connectivity index (χ0v) is 16.9. The maximum Gasteiger partial charge on any atom is 0.439 e. The van der Waals surface area contributed by atoms with Crippen LogP contribution < -0.4 is 16.4 Å². The number of anilines is 1. The first kappa shape index (κ1) is 21.0. The Morgan fingerprint density at radius 1 is 1.24 bits per heavy atom. The number of carbonyl (C=O) groups excluding carboxylic acids is 1. The average Bonchev–Trinajstić information content (AvgIpc) is 3.08. The second-order valence-corrected chi connectivity index (χ2v) is 8.88. The third kappa shape index (κ3) is 5.65. The van der Waals surface area contributed by atoms with Gasteiger partial charge in [-0.2, -0.15) is 4.31 Å². The maximum absolute atomic E-state index is 12.5. The van der Waals surface area contributed by atoms with Crippen molar-refractivity contribution in [3.8, 4) is 11.4 Å². The molecule has 2 aromatic rings. The van der Waals surface area contributed by atoms with E-state index in [1.807, 2.05) is 13.8 Å². The number of ether oxygens (including phenoxy) is 1. The van der Waals surface area contributed by atoms with Gasteiger partial charge in [0.2, 0.25) is 10.0 Å². The van der Waals surface area contributed by atoms with Gasteiger partial charge in [-0.25, -0.2) is 18.0 Å². The van der Waals surface area contributed by atoms with E-state index in [1.54, 1.807) is 24.3 Å². The van der Waals surface area contributed by atoms with Crippen LogP contribution in [0.5, 0.6) is 0 Å². The summed E-state index contributed by atoms with van der Waals surface area (Å²) in [5, 5.41) is 8.72. The monoisotopic (exact) mass is 425 g/mol. The fraction of sp³-hybridized carbons (Fsp3) is 0.471. The number of aromatic amines is 1. The molecule has 2 heterocycles. The van der Waals surface area contributed by atoms with Crippen molar-refractivity contribution in [1.29, 1.82) is 0 Å². The van der Waals surface area contributed by atoms with Crippen molar-refractivity contribution in [2.75, 3.05) is 30.7 Å². The summed E-state index contributed by atoms with van der Waals surface area (Å²) in [6.45, 7) is 4.25. The molecule has 0 bridgehead atoms. The Balaban J connectivity index is 1.48. The van der Waals surface area contributed by atoms with Crippen molar-refractivity contribution in [2.45, 2.75) is 26.1 Å². The molecule has 11 nitrogen and oxygen atoms in total. The van der Waals surface area contributed by atoms with E-state index in [1.165, 1.54) is 4.31 Å². The number of nitrogens with zero attached hydrogens (tertiary/aromatic N) is 2. The number of amides is 2. The molecule has 2 atom stereocenters. The number of aromatic nitrogens is 2. The minimum absolute atomic E-state index is 0.0213. The molecule has 0 radical (unpaired) electrons. The zero-order chi connectivity index (χ0) is 21.0. The van der Waals surface area contributed by atoms with Crippen molar-refractivity contribution in [1.82, 2.24) is 19.8 Å². The summed E-state index contributed by atoms with van der Waals surface area (Å²) in [4.78, 5) is 25.4. The SMILES string of the molecule is C[C@@H]1CN(S(=O)(=O)CCNC(=O)Nc2ccc(-c3noc(=O)[nH]3)cc2)C[C@@H](C)O1. The number of carbonyl (C=O) groups is 1. The van der Waals surface area contributed by atoms with Crippen LogP contribution in [0.4, 0.5) is 10.5 Å². The van der Waals surface area contributed by atoms with E-state index < -0.39 is 21.8 Å². The lowest BCUT2D eigenvalue weighted by atomic mass is 10.2. The van der Waals surface area contributed by atoms with Crippen molar-refractivity contribution in [3.05, 3.63) is 34.8 Å².